The molecule has 0 spiro atoms. The molecule has 1 aromatic heterocycles. The van der Waals surface area contributed by atoms with Crippen molar-refractivity contribution < 1.29 is 9.90 Å². The number of Topliss-reactive ketones (excluding diaryl/α,β-unsaturated/α-hetero) is 1. The van der Waals surface area contributed by atoms with E-state index < -0.39 is 5.60 Å². The highest BCUT2D eigenvalue weighted by Crippen LogP contribution is 2.70. The van der Waals surface area contributed by atoms with Crippen LogP contribution in [0.25, 0.3) is 0 Å². The average molecular weight is 422 g/mol. The summed E-state index contributed by atoms with van der Waals surface area (Å²) in [5, 5.41) is 24.1. The van der Waals surface area contributed by atoms with Crippen LogP contribution in [0.2, 0.25) is 0 Å². The molecule has 5 aliphatic rings. The number of rotatable bonds is 3. The van der Waals surface area contributed by atoms with E-state index in [1.807, 2.05) is 6.07 Å². The minimum atomic E-state index is -0.426. The topological polar surface area (TPSA) is 78.9 Å². The molecule has 5 heteroatoms. The number of carbonyl (C=O) groups excluding carboxylic acids is 1. The summed E-state index contributed by atoms with van der Waals surface area (Å²) in [5.41, 5.74) is 0.0785. The largest absolute Gasteiger partial charge is 0.390 e. The molecule has 5 nitrogen and oxygen atoms in total. The van der Waals surface area contributed by atoms with Crippen molar-refractivity contribution in [1.82, 2.24) is 9.78 Å². The monoisotopic (exact) mass is 421 g/mol. The Morgan fingerprint density at radius 1 is 1.19 bits per heavy atom. The van der Waals surface area contributed by atoms with E-state index in [9.17, 15) is 9.90 Å². The Balaban J connectivity index is 1.20. The Morgan fingerprint density at radius 3 is 2.81 bits per heavy atom. The second-order valence-electron chi connectivity index (χ2n) is 12.1. The maximum absolute atomic E-state index is 13.3. The van der Waals surface area contributed by atoms with Crippen molar-refractivity contribution in [3.05, 3.63) is 18.0 Å². The first kappa shape index (κ1) is 20.0. The summed E-state index contributed by atoms with van der Waals surface area (Å²) in [4.78, 5) is 13.3. The van der Waals surface area contributed by atoms with Crippen molar-refractivity contribution in [3.63, 3.8) is 0 Å². The normalized spacial score (nSPS) is 49.9. The first-order chi connectivity index (χ1) is 14.8. The Bertz CT molecular complexity index is 945. The van der Waals surface area contributed by atoms with Crippen LogP contribution in [0.15, 0.2) is 12.3 Å². The molecule has 1 heterocycles. The molecule has 6 rings (SSSR count). The zero-order valence-corrected chi connectivity index (χ0v) is 18.8. The zero-order chi connectivity index (χ0) is 21.5. The third-order valence-electron chi connectivity index (χ3n) is 10.7. The number of ketones is 1. The van der Waals surface area contributed by atoms with Gasteiger partial charge in [0.1, 0.15) is 6.07 Å². The molecular weight excluding hydrogens is 386 g/mol. The van der Waals surface area contributed by atoms with Crippen LogP contribution in [0.5, 0.6) is 0 Å². The van der Waals surface area contributed by atoms with E-state index in [4.69, 9.17) is 5.26 Å². The quantitative estimate of drug-likeness (QED) is 0.793. The van der Waals surface area contributed by atoms with E-state index in [2.05, 4.69) is 18.9 Å². The number of nitriles is 1. The van der Waals surface area contributed by atoms with E-state index in [0.29, 0.717) is 29.9 Å². The van der Waals surface area contributed by atoms with Crippen molar-refractivity contribution in [2.75, 3.05) is 0 Å². The van der Waals surface area contributed by atoms with Crippen LogP contribution < -0.4 is 0 Å². The fourth-order valence-electron chi connectivity index (χ4n) is 9.41. The number of nitrogens with zero attached hydrogens (tertiary/aromatic N) is 3. The smallest absolute Gasteiger partial charge is 0.162 e. The van der Waals surface area contributed by atoms with Gasteiger partial charge in [0.2, 0.25) is 0 Å². The van der Waals surface area contributed by atoms with Gasteiger partial charge < -0.3 is 5.11 Å². The summed E-state index contributed by atoms with van der Waals surface area (Å²) < 4.78 is 1.65. The third kappa shape index (κ3) is 2.90. The van der Waals surface area contributed by atoms with E-state index in [-0.39, 0.29) is 11.3 Å². The lowest BCUT2D eigenvalue weighted by Gasteiger charge is -2.56. The second-order valence-corrected chi connectivity index (χ2v) is 12.1. The van der Waals surface area contributed by atoms with Crippen molar-refractivity contribution >= 4 is 5.78 Å². The standard InChI is InChI=1S/C26H35N3O2/c1-25-9-7-18-17(4-3-15-12-26(2,31)22-11-19(22)24(15)18)20(25)5-6-21(25)23(30)14-29-10-8-16(13-27)28-29/h8,10,15,17-22,24,31H,3-7,9,11-12,14H2,1-2H3/t15-,17-,18+,19?,20+,21?,22?,24+,25+,26+/m1/s1. The number of carbonyl (C=O) groups is 1. The number of aromatic nitrogens is 2. The van der Waals surface area contributed by atoms with Crippen molar-refractivity contribution in [2.24, 2.45) is 52.8 Å². The predicted octanol–water partition coefficient (Wildman–Crippen LogP) is 4.20. The van der Waals surface area contributed by atoms with Crippen LogP contribution >= 0.6 is 0 Å². The molecule has 0 aromatic carbocycles. The van der Waals surface area contributed by atoms with Gasteiger partial charge in [-0.1, -0.05) is 6.92 Å². The van der Waals surface area contributed by atoms with Gasteiger partial charge >= 0.3 is 0 Å². The van der Waals surface area contributed by atoms with E-state index in [1.54, 1.807) is 16.9 Å². The zero-order valence-electron chi connectivity index (χ0n) is 18.8. The highest BCUT2D eigenvalue weighted by atomic mass is 16.3. The van der Waals surface area contributed by atoms with E-state index in [0.717, 1.165) is 42.4 Å². The molecule has 1 aromatic rings. The lowest BCUT2D eigenvalue weighted by Crippen LogP contribution is -2.52. The third-order valence-corrected chi connectivity index (χ3v) is 10.7. The van der Waals surface area contributed by atoms with Gasteiger partial charge in [0.25, 0.3) is 0 Å². The van der Waals surface area contributed by atoms with Crippen LogP contribution in [0.1, 0.15) is 70.9 Å². The summed E-state index contributed by atoms with van der Waals surface area (Å²) in [6.07, 6.45) is 11.3. The molecule has 10 atom stereocenters. The van der Waals surface area contributed by atoms with E-state index >= 15 is 0 Å². The molecule has 0 aliphatic heterocycles. The molecule has 1 N–H and O–H groups in total. The maximum atomic E-state index is 13.3. The summed E-state index contributed by atoms with van der Waals surface area (Å²) in [5.74, 6) is 5.57. The second kappa shape index (κ2) is 6.67. The highest BCUT2D eigenvalue weighted by Gasteiger charge is 2.65. The summed E-state index contributed by atoms with van der Waals surface area (Å²) in [6, 6.07) is 3.73. The lowest BCUT2D eigenvalue weighted by molar-refractivity contribution is -0.133. The number of aliphatic hydroxyl groups is 1. The summed E-state index contributed by atoms with van der Waals surface area (Å²) in [7, 11) is 0. The van der Waals surface area contributed by atoms with Crippen LogP contribution in [0.3, 0.4) is 0 Å². The number of hydrogen-bond acceptors (Lipinski definition) is 4. The van der Waals surface area contributed by atoms with Crippen molar-refractivity contribution in [1.29, 1.82) is 5.26 Å². The Kier molecular flexibility index (Phi) is 4.30. The van der Waals surface area contributed by atoms with Gasteiger partial charge in [-0.05, 0) is 111 Å². The molecule has 0 saturated heterocycles. The van der Waals surface area contributed by atoms with Gasteiger partial charge in [-0.15, -0.1) is 0 Å². The molecule has 5 fully saturated rings. The fourth-order valence-corrected chi connectivity index (χ4v) is 9.41. The molecule has 0 amide bonds. The highest BCUT2D eigenvalue weighted by molar-refractivity contribution is 5.82. The van der Waals surface area contributed by atoms with Crippen LogP contribution in [0.4, 0.5) is 0 Å². The molecule has 5 aliphatic carbocycles. The fraction of sp³-hybridized carbons (Fsp3) is 0.808. The molecular formula is C26H35N3O2. The predicted molar refractivity (Wildman–Crippen MR) is 116 cm³/mol. The molecule has 0 bridgehead atoms. The number of hydrogen-bond donors (Lipinski definition) is 1. The maximum Gasteiger partial charge on any atom is 0.162 e. The van der Waals surface area contributed by atoms with Gasteiger partial charge in [0.05, 0.1) is 12.1 Å². The molecule has 5 saturated carbocycles. The molecule has 31 heavy (non-hydrogen) atoms. The van der Waals surface area contributed by atoms with E-state index in [1.165, 1.54) is 38.5 Å². The van der Waals surface area contributed by atoms with Gasteiger partial charge in [-0.25, -0.2) is 0 Å². The Morgan fingerprint density at radius 2 is 2.03 bits per heavy atom. The SMILES string of the molecule is C[C@]1(O)C[C@H]2CC[C@@H]3[C@H](CC[C@]4(C)C(C(=O)Cn5ccc(C#N)n5)CC[C@@H]34)[C@H]2C2CC21. The van der Waals surface area contributed by atoms with Gasteiger partial charge in [0.15, 0.2) is 11.5 Å². The van der Waals surface area contributed by atoms with Crippen LogP contribution in [-0.4, -0.2) is 26.3 Å². The lowest BCUT2D eigenvalue weighted by atomic mass is 9.49. The summed E-state index contributed by atoms with van der Waals surface area (Å²) in [6.45, 7) is 4.79. The minimum absolute atomic E-state index is 0.124. The summed E-state index contributed by atoms with van der Waals surface area (Å²) >= 11 is 0. The van der Waals surface area contributed by atoms with Crippen molar-refractivity contribution in [2.45, 2.75) is 77.4 Å². The van der Waals surface area contributed by atoms with Crippen LogP contribution in [0, 0.1) is 64.1 Å². The number of fused-ring (bicyclic) bond motifs is 7. The average Bonchev–Trinajstić information content (AvgIpc) is 3.29. The van der Waals surface area contributed by atoms with Crippen LogP contribution in [-0.2, 0) is 11.3 Å². The van der Waals surface area contributed by atoms with Gasteiger partial charge in [0, 0.05) is 12.1 Å². The molecule has 0 radical (unpaired) electrons. The van der Waals surface area contributed by atoms with Gasteiger partial charge in [-0.2, -0.15) is 10.4 Å². The Hall–Kier alpha value is -1.67. The first-order valence-corrected chi connectivity index (χ1v) is 12.5. The Labute approximate surface area is 185 Å². The van der Waals surface area contributed by atoms with Gasteiger partial charge in [-0.3, -0.25) is 9.48 Å². The van der Waals surface area contributed by atoms with Crippen molar-refractivity contribution in [3.8, 4) is 6.07 Å². The minimum Gasteiger partial charge on any atom is -0.390 e. The first-order valence-electron chi connectivity index (χ1n) is 12.5. The molecule has 166 valence electrons. The molecule has 3 unspecified atom stereocenters.